The van der Waals surface area contributed by atoms with Crippen molar-refractivity contribution in [1.29, 1.82) is 0 Å². The quantitative estimate of drug-likeness (QED) is 0.280. The van der Waals surface area contributed by atoms with Gasteiger partial charge in [-0.25, -0.2) is 4.98 Å². The molecule has 0 saturated heterocycles. The number of fused-ring (bicyclic) bond motifs is 1. The fourth-order valence-electron chi connectivity index (χ4n) is 2.64. The molecular weight excluding hydrogens is 370 g/mol. The zero-order valence-corrected chi connectivity index (χ0v) is 16.7. The third-order valence-corrected chi connectivity index (χ3v) is 4.53. The maximum absolute atomic E-state index is 12.0. The smallest absolute Gasteiger partial charge is 0.310 e. The number of carbonyl (C=O) groups excluding carboxylic acids is 1. The number of thioether (sulfide) groups is 1. The summed E-state index contributed by atoms with van der Waals surface area (Å²) in [4.78, 5) is 20.6. The standard InChI is InChI=1S/C19H20ClN3O2S/c1-19(2,3)25-15(24)11-12-5-7-13(8-6-12)23-10-9-14-16(23)21-18(20)22-17(14)26-4/h5-10H,11H2,1-4H3. The van der Waals surface area contributed by atoms with Gasteiger partial charge in [0, 0.05) is 11.9 Å². The summed E-state index contributed by atoms with van der Waals surface area (Å²) in [6, 6.07) is 9.72. The zero-order valence-electron chi connectivity index (χ0n) is 15.1. The van der Waals surface area contributed by atoms with Gasteiger partial charge in [-0.2, -0.15) is 4.98 Å². The average Bonchev–Trinajstić information content (AvgIpc) is 2.96. The molecule has 0 radical (unpaired) electrons. The van der Waals surface area contributed by atoms with E-state index in [2.05, 4.69) is 9.97 Å². The van der Waals surface area contributed by atoms with Crippen molar-refractivity contribution >= 4 is 40.4 Å². The first-order valence-corrected chi connectivity index (χ1v) is 9.77. The Hall–Kier alpha value is -2.05. The van der Waals surface area contributed by atoms with Gasteiger partial charge >= 0.3 is 5.97 Å². The molecule has 0 atom stereocenters. The number of aromatic nitrogens is 3. The summed E-state index contributed by atoms with van der Waals surface area (Å²) in [5.41, 5.74) is 2.12. The van der Waals surface area contributed by atoms with E-state index in [4.69, 9.17) is 16.3 Å². The van der Waals surface area contributed by atoms with Gasteiger partial charge in [0.2, 0.25) is 5.28 Å². The lowest BCUT2D eigenvalue weighted by atomic mass is 10.1. The molecule has 136 valence electrons. The van der Waals surface area contributed by atoms with Gasteiger partial charge in [0.1, 0.15) is 10.6 Å². The molecule has 3 rings (SSSR count). The van der Waals surface area contributed by atoms with Crippen LogP contribution in [0.25, 0.3) is 16.7 Å². The summed E-state index contributed by atoms with van der Waals surface area (Å²) in [6.07, 6.45) is 4.15. The van der Waals surface area contributed by atoms with E-state index in [1.165, 1.54) is 11.8 Å². The number of esters is 1. The molecule has 2 heterocycles. The molecule has 0 fully saturated rings. The number of nitrogens with zero attached hydrogens (tertiary/aromatic N) is 3. The van der Waals surface area contributed by atoms with Crippen molar-refractivity contribution in [3.05, 3.63) is 47.4 Å². The monoisotopic (exact) mass is 389 g/mol. The maximum atomic E-state index is 12.0. The molecule has 0 aliphatic rings. The van der Waals surface area contributed by atoms with Gasteiger partial charge in [0.15, 0.2) is 5.65 Å². The lowest BCUT2D eigenvalue weighted by Gasteiger charge is -2.19. The Morgan fingerprint density at radius 3 is 2.50 bits per heavy atom. The number of ether oxygens (including phenoxy) is 1. The fraction of sp³-hybridized carbons (Fsp3) is 0.316. The molecule has 7 heteroatoms. The molecule has 0 amide bonds. The molecule has 0 spiro atoms. The predicted molar refractivity (Wildman–Crippen MR) is 105 cm³/mol. The Balaban J connectivity index is 1.86. The summed E-state index contributed by atoms with van der Waals surface area (Å²) in [7, 11) is 0. The van der Waals surface area contributed by atoms with Crippen LogP contribution in [-0.2, 0) is 16.0 Å². The van der Waals surface area contributed by atoms with Gasteiger partial charge in [0.25, 0.3) is 0 Å². The zero-order chi connectivity index (χ0) is 18.9. The van der Waals surface area contributed by atoms with Gasteiger partial charge in [-0.15, -0.1) is 11.8 Å². The summed E-state index contributed by atoms with van der Waals surface area (Å²) >= 11 is 7.59. The van der Waals surface area contributed by atoms with Crippen molar-refractivity contribution in [3.63, 3.8) is 0 Å². The first kappa shape index (κ1) is 18.7. The average molecular weight is 390 g/mol. The number of halogens is 1. The first-order valence-electron chi connectivity index (χ1n) is 8.16. The summed E-state index contributed by atoms with van der Waals surface area (Å²) in [5.74, 6) is -0.235. The molecule has 0 N–H and O–H groups in total. The van der Waals surface area contributed by atoms with Gasteiger partial charge < -0.3 is 9.30 Å². The SMILES string of the molecule is CSc1nc(Cl)nc2c1ccn2-c1ccc(CC(=O)OC(C)(C)C)cc1. The third kappa shape index (κ3) is 4.19. The number of rotatable bonds is 4. The highest BCUT2D eigenvalue weighted by Crippen LogP contribution is 2.27. The molecular formula is C19H20ClN3O2S. The van der Waals surface area contributed by atoms with E-state index in [1.807, 2.05) is 68.1 Å². The van der Waals surface area contributed by atoms with Crippen LogP contribution in [0.5, 0.6) is 0 Å². The second-order valence-corrected chi connectivity index (χ2v) is 7.99. The molecule has 0 unspecified atom stereocenters. The van der Waals surface area contributed by atoms with Gasteiger partial charge in [0.05, 0.1) is 11.8 Å². The van der Waals surface area contributed by atoms with Crippen LogP contribution in [0.3, 0.4) is 0 Å². The molecule has 0 aliphatic heterocycles. The van der Waals surface area contributed by atoms with Crippen LogP contribution in [-0.4, -0.2) is 32.4 Å². The fourth-order valence-corrected chi connectivity index (χ4v) is 3.42. The van der Waals surface area contributed by atoms with Crippen LogP contribution in [0.1, 0.15) is 26.3 Å². The molecule has 0 aliphatic carbocycles. The number of hydrogen-bond acceptors (Lipinski definition) is 5. The van der Waals surface area contributed by atoms with Crippen molar-refractivity contribution in [1.82, 2.24) is 14.5 Å². The van der Waals surface area contributed by atoms with Gasteiger partial charge in [-0.05, 0) is 62.4 Å². The second-order valence-electron chi connectivity index (χ2n) is 6.85. The highest BCUT2D eigenvalue weighted by Gasteiger charge is 2.17. The van der Waals surface area contributed by atoms with E-state index >= 15 is 0 Å². The molecule has 1 aromatic carbocycles. The summed E-state index contributed by atoms with van der Waals surface area (Å²) in [6.45, 7) is 5.59. The number of carbonyl (C=O) groups is 1. The van der Waals surface area contributed by atoms with E-state index in [-0.39, 0.29) is 17.7 Å². The largest absolute Gasteiger partial charge is 0.460 e. The minimum Gasteiger partial charge on any atom is -0.460 e. The number of benzene rings is 1. The topological polar surface area (TPSA) is 57.0 Å². The van der Waals surface area contributed by atoms with Crippen molar-refractivity contribution < 1.29 is 9.53 Å². The highest BCUT2D eigenvalue weighted by molar-refractivity contribution is 7.98. The van der Waals surface area contributed by atoms with Crippen LogP contribution >= 0.6 is 23.4 Å². The Kier molecular flexibility index (Phi) is 5.25. The van der Waals surface area contributed by atoms with Gasteiger partial charge in [-0.1, -0.05) is 12.1 Å². The molecule has 5 nitrogen and oxygen atoms in total. The molecule has 3 aromatic rings. The molecule has 0 saturated carbocycles. The van der Waals surface area contributed by atoms with Crippen molar-refractivity contribution in [2.24, 2.45) is 0 Å². The van der Waals surface area contributed by atoms with Crippen LogP contribution in [0.4, 0.5) is 0 Å². The van der Waals surface area contributed by atoms with Gasteiger partial charge in [-0.3, -0.25) is 4.79 Å². The summed E-state index contributed by atoms with van der Waals surface area (Å²) < 4.78 is 7.32. The lowest BCUT2D eigenvalue weighted by Crippen LogP contribution is -2.24. The summed E-state index contributed by atoms with van der Waals surface area (Å²) in [5, 5.41) is 2.03. The molecule has 2 aromatic heterocycles. The Morgan fingerprint density at radius 1 is 1.19 bits per heavy atom. The van der Waals surface area contributed by atoms with Crippen LogP contribution < -0.4 is 0 Å². The van der Waals surface area contributed by atoms with E-state index in [9.17, 15) is 4.79 Å². The Morgan fingerprint density at radius 2 is 1.88 bits per heavy atom. The van der Waals surface area contributed by atoms with E-state index in [0.29, 0.717) is 0 Å². The lowest BCUT2D eigenvalue weighted by molar-refractivity contribution is -0.153. The van der Waals surface area contributed by atoms with Crippen LogP contribution in [0.15, 0.2) is 41.6 Å². The van der Waals surface area contributed by atoms with Crippen molar-refractivity contribution in [3.8, 4) is 5.69 Å². The predicted octanol–water partition coefficient (Wildman–Crippen LogP) is 4.68. The number of hydrogen-bond donors (Lipinski definition) is 0. The van der Waals surface area contributed by atoms with E-state index in [0.717, 1.165) is 27.3 Å². The Bertz CT molecular complexity index is 946. The third-order valence-electron chi connectivity index (χ3n) is 3.66. The van der Waals surface area contributed by atoms with E-state index < -0.39 is 5.60 Å². The maximum Gasteiger partial charge on any atom is 0.310 e. The van der Waals surface area contributed by atoms with E-state index in [1.54, 1.807) is 0 Å². The van der Waals surface area contributed by atoms with Crippen LogP contribution in [0.2, 0.25) is 5.28 Å². The second kappa shape index (κ2) is 7.29. The first-order chi connectivity index (χ1) is 12.3. The van der Waals surface area contributed by atoms with Crippen LogP contribution in [0, 0.1) is 0 Å². The minimum atomic E-state index is -0.477. The van der Waals surface area contributed by atoms with Crippen molar-refractivity contribution in [2.75, 3.05) is 6.26 Å². The van der Waals surface area contributed by atoms with Crippen molar-refractivity contribution in [2.45, 2.75) is 37.8 Å². The molecule has 26 heavy (non-hydrogen) atoms. The Labute approximate surface area is 161 Å². The molecule has 0 bridgehead atoms. The minimum absolute atomic E-state index is 0.225. The highest BCUT2D eigenvalue weighted by atomic mass is 35.5. The normalized spacial score (nSPS) is 11.7.